The normalized spacial score (nSPS) is 10.8. The number of nitrogens with one attached hydrogen (secondary N) is 1. The van der Waals surface area contributed by atoms with Crippen LogP contribution in [0.15, 0.2) is 43.0 Å². The average molecular weight is 404 g/mol. The molecule has 98 valence electrons. The number of benzene rings is 1. The van der Waals surface area contributed by atoms with E-state index in [2.05, 4.69) is 42.4 Å². The number of carbonyl (C=O) groups excluding carboxylic acids is 1. The van der Waals surface area contributed by atoms with Crippen LogP contribution in [0.1, 0.15) is 15.9 Å². The van der Waals surface area contributed by atoms with Gasteiger partial charge in [-0.3, -0.25) is 4.79 Å². The summed E-state index contributed by atoms with van der Waals surface area (Å²) >= 11 is 7.89. The largest absolute Gasteiger partial charge is 0.506 e. The van der Waals surface area contributed by atoms with Gasteiger partial charge in [0.05, 0.1) is 15.2 Å². The Morgan fingerprint density at radius 2 is 2.05 bits per heavy atom. The molecule has 0 unspecified atom stereocenters. The lowest BCUT2D eigenvalue weighted by molar-refractivity contribution is 0.0955. The summed E-state index contributed by atoms with van der Waals surface area (Å²) in [4.78, 5) is 11.8. The van der Waals surface area contributed by atoms with Gasteiger partial charge < -0.3 is 5.11 Å². The van der Waals surface area contributed by atoms with Gasteiger partial charge in [-0.15, -0.1) is 0 Å². The van der Waals surface area contributed by atoms with Gasteiger partial charge in [0.15, 0.2) is 0 Å². The van der Waals surface area contributed by atoms with Gasteiger partial charge in [-0.05, 0) is 60.8 Å². The summed E-state index contributed by atoms with van der Waals surface area (Å²) in [6.07, 6.45) is 1.57. The zero-order chi connectivity index (χ0) is 13.8. The first-order chi connectivity index (χ1) is 9.08. The van der Waals surface area contributed by atoms with Crippen LogP contribution in [-0.2, 0) is 0 Å². The minimum atomic E-state index is -0.354. The maximum atomic E-state index is 11.8. The summed E-state index contributed by atoms with van der Waals surface area (Å²) in [5, 5.41) is 17.3. The van der Waals surface area contributed by atoms with E-state index in [1.54, 1.807) is 17.6 Å². The van der Waals surface area contributed by atoms with Crippen molar-refractivity contribution in [1.29, 1.82) is 0 Å². The molecule has 0 aliphatic carbocycles. The Morgan fingerprint density at radius 3 is 2.63 bits per heavy atom. The quantitative estimate of drug-likeness (QED) is 0.605. The predicted molar refractivity (Wildman–Crippen MR) is 82.9 cm³/mol. The summed E-state index contributed by atoms with van der Waals surface area (Å²) in [6.45, 7) is 0. The van der Waals surface area contributed by atoms with E-state index in [-0.39, 0.29) is 11.7 Å². The van der Waals surface area contributed by atoms with Gasteiger partial charge in [-0.25, -0.2) is 5.43 Å². The first-order valence-corrected chi connectivity index (χ1v) is 7.64. The van der Waals surface area contributed by atoms with E-state index in [1.807, 2.05) is 16.8 Å². The van der Waals surface area contributed by atoms with Crippen molar-refractivity contribution < 1.29 is 9.90 Å². The van der Waals surface area contributed by atoms with Gasteiger partial charge in [0.25, 0.3) is 5.91 Å². The maximum absolute atomic E-state index is 11.8. The molecule has 0 spiro atoms. The summed E-state index contributed by atoms with van der Waals surface area (Å²) in [6, 6.07) is 4.94. The lowest BCUT2D eigenvalue weighted by Gasteiger charge is -2.04. The molecule has 0 aliphatic heterocycles. The van der Waals surface area contributed by atoms with Crippen molar-refractivity contribution in [2.45, 2.75) is 0 Å². The smallest absolute Gasteiger partial charge is 0.271 e. The molecule has 1 heterocycles. The third-order valence-electron chi connectivity index (χ3n) is 2.20. The second-order valence-electron chi connectivity index (χ2n) is 3.54. The lowest BCUT2D eigenvalue weighted by atomic mass is 10.2. The van der Waals surface area contributed by atoms with Crippen LogP contribution in [0.4, 0.5) is 0 Å². The van der Waals surface area contributed by atoms with Crippen LogP contribution in [0.3, 0.4) is 0 Å². The Kier molecular flexibility index (Phi) is 4.73. The van der Waals surface area contributed by atoms with Gasteiger partial charge in [-0.1, -0.05) is 0 Å². The monoisotopic (exact) mass is 402 g/mol. The molecule has 2 N–H and O–H groups in total. The summed E-state index contributed by atoms with van der Waals surface area (Å²) in [5.41, 5.74) is 3.74. The molecule has 7 heteroatoms. The molecular formula is C12H8Br2N2O2S. The molecule has 1 aromatic heterocycles. The number of nitrogens with zero attached hydrogens (tertiary/aromatic N) is 1. The zero-order valence-electron chi connectivity index (χ0n) is 9.43. The van der Waals surface area contributed by atoms with E-state index in [4.69, 9.17) is 0 Å². The van der Waals surface area contributed by atoms with E-state index in [0.717, 1.165) is 5.56 Å². The number of rotatable bonds is 3. The molecule has 1 amide bonds. The molecule has 0 saturated carbocycles. The number of hydrazone groups is 1. The Bertz CT molecular complexity index is 604. The summed E-state index contributed by atoms with van der Waals surface area (Å²) in [5.74, 6) is -0.300. The van der Waals surface area contributed by atoms with Crippen LogP contribution in [0.5, 0.6) is 5.75 Å². The fourth-order valence-electron chi connectivity index (χ4n) is 1.28. The topological polar surface area (TPSA) is 61.7 Å². The molecule has 2 rings (SSSR count). The molecule has 0 atom stereocenters. The molecule has 0 saturated heterocycles. The predicted octanol–water partition coefficient (Wildman–Crippen LogP) is 3.74. The Hall–Kier alpha value is -1.18. The number of thiophene rings is 1. The average Bonchev–Trinajstić information content (AvgIpc) is 2.88. The molecule has 0 radical (unpaired) electrons. The number of hydrogen-bond donors (Lipinski definition) is 2. The number of phenols is 1. The van der Waals surface area contributed by atoms with Crippen LogP contribution in [0, 0.1) is 0 Å². The van der Waals surface area contributed by atoms with Gasteiger partial charge in [0.2, 0.25) is 0 Å². The Balaban J connectivity index is 2.08. The molecule has 19 heavy (non-hydrogen) atoms. The molecule has 0 aliphatic rings. The number of phenolic OH excluding ortho intramolecular Hbond substituents is 1. The third kappa shape index (κ3) is 3.65. The fourth-order valence-corrected chi connectivity index (χ4v) is 3.07. The van der Waals surface area contributed by atoms with Gasteiger partial charge in [-0.2, -0.15) is 16.4 Å². The fraction of sp³-hybridized carbons (Fsp3) is 0. The number of halogens is 2. The molecule has 0 bridgehead atoms. The van der Waals surface area contributed by atoms with E-state index in [1.165, 1.54) is 12.1 Å². The lowest BCUT2D eigenvalue weighted by Crippen LogP contribution is -2.17. The van der Waals surface area contributed by atoms with Crippen molar-refractivity contribution in [3.05, 3.63) is 49.0 Å². The van der Waals surface area contributed by atoms with Crippen molar-refractivity contribution in [2.24, 2.45) is 5.10 Å². The van der Waals surface area contributed by atoms with Crippen molar-refractivity contribution in [2.75, 3.05) is 0 Å². The minimum absolute atomic E-state index is 0.0540. The highest BCUT2D eigenvalue weighted by Gasteiger charge is 2.11. The SMILES string of the molecule is O=C(N/N=C\c1ccsc1)c1cc(Br)c(O)c(Br)c1. The van der Waals surface area contributed by atoms with Crippen LogP contribution in [0.2, 0.25) is 0 Å². The first-order valence-electron chi connectivity index (χ1n) is 5.11. The highest BCUT2D eigenvalue weighted by Crippen LogP contribution is 2.33. The standard InChI is InChI=1S/C12H8Br2N2O2S/c13-9-3-8(4-10(14)11(9)17)12(18)16-15-5-7-1-2-19-6-7/h1-6,17H,(H,16,18)/b15-5-. The van der Waals surface area contributed by atoms with Crippen molar-refractivity contribution in [1.82, 2.24) is 5.43 Å². The maximum Gasteiger partial charge on any atom is 0.271 e. The van der Waals surface area contributed by atoms with E-state index >= 15 is 0 Å². The first kappa shape index (κ1) is 14.2. The van der Waals surface area contributed by atoms with Crippen molar-refractivity contribution in [3.8, 4) is 5.75 Å². The van der Waals surface area contributed by atoms with Crippen LogP contribution >= 0.6 is 43.2 Å². The van der Waals surface area contributed by atoms with E-state index in [0.29, 0.717) is 14.5 Å². The van der Waals surface area contributed by atoms with E-state index in [9.17, 15) is 9.90 Å². The Morgan fingerprint density at radius 1 is 1.37 bits per heavy atom. The molecule has 2 aromatic rings. The Labute approximate surface area is 130 Å². The highest BCUT2D eigenvalue weighted by molar-refractivity contribution is 9.11. The van der Waals surface area contributed by atoms with Gasteiger partial charge in [0, 0.05) is 11.1 Å². The van der Waals surface area contributed by atoms with Crippen LogP contribution in [-0.4, -0.2) is 17.2 Å². The molecular weight excluding hydrogens is 396 g/mol. The number of aromatic hydroxyl groups is 1. The van der Waals surface area contributed by atoms with E-state index < -0.39 is 0 Å². The van der Waals surface area contributed by atoms with Crippen molar-refractivity contribution in [3.63, 3.8) is 0 Å². The zero-order valence-corrected chi connectivity index (χ0v) is 13.4. The summed E-state index contributed by atoms with van der Waals surface area (Å²) < 4.78 is 0.877. The van der Waals surface area contributed by atoms with Gasteiger partial charge in [0.1, 0.15) is 5.75 Å². The highest BCUT2D eigenvalue weighted by atomic mass is 79.9. The second-order valence-corrected chi connectivity index (χ2v) is 6.03. The molecule has 0 fully saturated rings. The number of amides is 1. The van der Waals surface area contributed by atoms with Crippen LogP contribution < -0.4 is 5.43 Å². The second kappa shape index (κ2) is 6.31. The molecule has 1 aromatic carbocycles. The number of carbonyl (C=O) groups is 1. The third-order valence-corrected chi connectivity index (χ3v) is 4.11. The summed E-state index contributed by atoms with van der Waals surface area (Å²) in [7, 11) is 0. The molecule has 4 nitrogen and oxygen atoms in total. The van der Waals surface area contributed by atoms with Gasteiger partial charge >= 0.3 is 0 Å². The van der Waals surface area contributed by atoms with Crippen LogP contribution in [0.25, 0.3) is 0 Å². The minimum Gasteiger partial charge on any atom is -0.506 e. The van der Waals surface area contributed by atoms with Crippen molar-refractivity contribution >= 4 is 55.3 Å². The number of hydrogen-bond acceptors (Lipinski definition) is 4.